The predicted molar refractivity (Wildman–Crippen MR) is 111 cm³/mol. The standard InChI is InChI=1S/C21H18F3N3O6S/c22-12-5-10(6-13(23)16(12)24)14-7-27(26-25-14)17-18(29)15(8-28)33-21(19(17)30)34-11-3-1-2-9(4-11)20(31)32/h1-7,15,17-19,21,28-30H,8H2,(H,31,32)/t15?,17-,18-,19?,21+/m0/s1. The van der Waals surface area contributed by atoms with E-state index in [1.165, 1.54) is 24.4 Å². The van der Waals surface area contributed by atoms with Crippen molar-refractivity contribution in [3.8, 4) is 11.3 Å². The lowest BCUT2D eigenvalue weighted by Gasteiger charge is -2.41. The molecule has 180 valence electrons. The Morgan fingerprint density at radius 1 is 1.12 bits per heavy atom. The summed E-state index contributed by atoms with van der Waals surface area (Å²) in [5.74, 6) is -5.62. The molecular weight excluding hydrogens is 479 g/mol. The second-order valence-electron chi connectivity index (χ2n) is 7.49. The lowest BCUT2D eigenvalue weighted by molar-refractivity contribution is -0.178. The van der Waals surface area contributed by atoms with Gasteiger partial charge < -0.3 is 25.2 Å². The van der Waals surface area contributed by atoms with Crippen molar-refractivity contribution in [3.63, 3.8) is 0 Å². The summed E-state index contributed by atoms with van der Waals surface area (Å²) in [6.45, 7) is -0.605. The summed E-state index contributed by atoms with van der Waals surface area (Å²) in [6, 6.07) is 6.16. The van der Waals surface area contributed by atoms with Crippen molar-refractivity contribution in [1.82, 2.24) is 15.0 Å². The van der Waals surface area contributed by atoms with Crippen LogP contribution in [0.3, 0.4) is 0 Å². The van der Waals surface area contributed by atoms with E-state index in [2.05, 4.69) is 10.3 Å². The van der Waals surface area contributed by atoms with E-state index in [0.717, 1.165) is 28.6 Å². The number of aliphatic hydroxyl groups is 3. The first-order valence-electron chi connectivity index (χ1n) is 9.88. The van der Waals surface area contributed by atoms with Crippen LogP contribution in [0, 0.1) is 17.5 Å². The zero-order valence-electron chi connectivity index (χ0n) is 17.1. The summed E-state index contributed by atoms with van der Waals surface area (Å²) in [7, 11) is 0. The monoisotopic (exact) mass is 497 g/mol. The van der Waals surface area contributed by atoms with E-state index in [-0.39, 0.29) is 16.8 Å². The van der Waals surface area contributed by atoms with Gasteiger partial charge in [0.15, 0.2) is 17.5 Å². The smallest absolute Gasteiger partial charge is 0.335 e. The molecule has 34 heavy (non-hydrogen) atoms. The van der Waals surface area contributed by atoms with E-state index in [9.17, 15) is 38.4 Å². The van der Waals surface area contributed by atoms with Crippen molar-refractivity contribution in [2.45, 2.75) is 34.7 Å². The van der Waals surface area contributed by atoms with Crippen LogP contribution < -0.4 is 0 Å². The molecule has 2 aromatic carbocycles. The van der Waals surface area contributed by atoms with Crippen molar-refractivity contribution in [1.29, 1.82) is 0 Å². The van der Waals surface area contributed by atoms with Crippen LogP contribution in [-0.2, 0) is 4.74 Å². The van der Waals surface area contributed by atoms with Gasteiger partial charge >= 0.3 is 5.97 Å². The number of nitrogens with zero attached hydrogens (tertiary/aromatic N) is 3. The van der Waals surface area contributed by atoms with Gasteiger partial charge in [0.1, 0.15) is 35.5 Å². The number of rotatable bonds is 6. The fourth-order valence-corrected chi connectivity index (χ4v) is 4.69. The first-order valence-corrected chi connectivity index (χ1v) is 10.8. The third-order valence-electron chi connectivity index (χ3n) is 5.28. The maximum atomic E-state index is 13.6. The molecule has 2 unspecified atom stereocenters. The number of carboxylic acid groups (broad SMARTS) is 1. The third kappa shape index (κ3) is 4.65. The van der Waals surface area contributed by atoms with Gasteiger partial charge in [0.05, 0.1) is 18.4 Å². The quantitative estimate of drug-likeness (QED) is 0.376. The average molecular weight is 497 g/mol. The first-order chi connectivity index (χ1) is 16.2. The number of carboxylic acids is 1. The molecule has 4 N–H and O–H groups in total. The lowest BCUT2D eigenvalue weighted by Crippen LogP contribution is -2.55. The molecule has 3 aromatic rings. The highest BCUT2D eigenvalue weighted by atomic mass is 32.2. The van der Waals surface area contributed by atoms with E-state index < -0.39 is 59.8 Å². The van der Waals surface area contributed by atoms with Crippen LogP contribution in [0.2, 0.25) is 0 Å². The maximum Gasteiger partial charge on any atom is 0.335 e. The summed E-state index contributed by atoms with van der Waals surface area (Å²) >= 11 is 0.972. The van der Waals surface area contributed by atoms with Gasteiger partial charge in [-0.2, -0.15) is 0 Å². The van der Waals surface area contributed by atoms with Crippen molar-refractivity contribution >= 4 is 17.7 Å². The molecule has 1 fully saturated rings. The predicted octanol–water partition coefficient (Wildman–Crippen LogP) is 1.83. The molecule has 13 heteroatoms. The third-order valence-corrected chi connectivity index (χ3v) is 6.43. The van der Waals surface area contributed by atoms with Crippen LogP contribution in [0.1, 0.15) is 16.4 Å². The SMILES string of the molecule is O=C(O)c1cccc(S[C@H]2OC(CO)[C@H](O)[C@H](n3cc(-c4cc(F)c(F)c(F)c4)nn3)C2O)c1. The van der Waals surface area contributed by atoms with E-state index in [0.29, 0.717) is 4.90 Å². The maximum absolute atomic E-state index is 13.6. The van der Waals surface area contributed by atoms with Crippen molar-refractivity contribution < 1.29 is 43.1 Å². The Morgan fingerprint density at radius 3 is 2.47 bits per heavy atom. The molecule has 5 atom stereocenters. The van der Waals surface area contributed by atoms with Crippen molar-refractivity contribution in [3.05, 3.63) is 65.6 Å². The molecule has 0 radical (unpaired) electrons. The molecule has 0 bridgehead atoms. The number of halogens is 3. The molecule has 9 nitrogen and oxygen atoms in total. The van der Waals surface area contributed by atoms with Crippen LogP contribution >= 0.6 is 11.8 Å². The Morgan fingerprint density at radius 2 is 1.82 bits per heavy atom. The molecule has 1 aromatic heterocycles. The van der Waals surface area contributed by atoms with Gasteiger partial charge in [-0.15, -0.1) is 5.10 Å². The second kappa shape index (κ2) is 9.72. The number of aliphatic hydroxyl groups excluding tert-OH is 3. The van der Waals surface area contributed by atoms with Crippen LogP contribution in [0.4, 0.5) is 13.2 Å². The lowest BCUT2D eigenvalue weighted by atomic mass is 9.97. The fraction of sp³-hybridized carbons (Fsp3) is 0.286. The minimum atomic E-state index is -1.64. The second-order valence-corrected chi connectivity index (χ2v) is 8.66. The van der Waals surface area contributed by atoms with Gasteiger partial charge in [0.25, 0.3) is 0 Å². The molecule has 0 spiro atoms. The molecule has 1 aliphatic rings. The number of ether oxygens (including phenoxy) is 1. The number of aromatic nitrogens is 3. The highest BCUT2D eigenvalue weighted by molar-refractivity contribution is 7.99. The van der Waals surface area contributed by atoms with Crippen LogP contribution in [0.25, 0.3) is 11.3 Å². The van der Waals surface area contributed by atoms with E-state index >= 15 is 0 Å². The minimum Gasteiger partial charge on any atom is -0.478 e. The first kappa shape index (κ1) is 24.2. The summed E-state index contributed by atoms with van der Waals surface area (Å²) in [5, 5.41) is 48.1. The van der Waals surface area contributed by atoms with Crippen LogP contribution in [0.5, 0.6) is 0 Å². The summed E-state index contributed by atoms with van der Waals surface area (Å²) in [5.41, 5.74) is -1.20. The average Bonchev–Trinajstić information content (AvgIpc) is 3.29. The molecule has 0 amide bonds. The summed E-state index contributed by atoms with van der Waals surface area (Å²) < 4.78 is 47.2. The van der Waals surface area contributed by atoms with Gasteiger partial charge in [-0.05, 0) is 30.3 Å². The highest BCUT2D eigenvalue weighted by Crippen LogP contribution is 2.38. The molecule has 2 heterocycles. The van der Waals surface area contributed by atoms with E-state index in [1.807, 2.05) is 0 Å². The van der Waals surface area contributed by atoms with Crippen molar-refractivity contribution in [2.75, 3.05) is 6.61 Å². The Hall–Kier alpha value is -2.97. The van der Waals surface area contributed by atoms with Gasteiger partial charge in [-0.1, -0.05) is 23.0 Å². The fourth-order valence-electron chi connectivity index (χ4n) is 3.57. The number of hydrogen-bond acceptors (Lipinski definition) is 8. The summed E-state index contributed by atoms with van der Waals surface area (Å²) in [6.07, 6.45) is -2.80. The largest absolute Gasteiger partial charge is 0.478 e. The van der Waals surface area contributed by atoms with Gasteiger partial charge in [0.2, 0.25) is 0 Å². The van der Waals surface area contributed by atoms with Gasteiger partial charge in [0, 0.05) is 10.5 Å². The van der Waals surface area contributed by atoms with Crippen molar-refractivity contribution in [2.24, 2.45) is 0 Å². The molecule has 0 saturated carbocycles. The number of benzene rings is 2. The number of hydrogen-bond donors (Lipinski definition) is 4. The Balaban J connectivity index is 1.63. The minimum absolute atomic E-state index is 0.0188. The molecule has 0 aliphatic carbocycles. The van der Waals surface area contributed by atoms with E-state index in [4.69, 9.17) is 4.74 Å². The number of carbonyl (C=O) groups is 1. The van der Waals surface area contributed by atoms with Gasteiger partial charge in [-0.25, -0.2) is 22.6 Å². The van der Waals surface area contributed by atoms with E-state index in [1.54, 1.807) is 6.07 Å². The zero-order chi connectivity index (χ0) is 24.6. The Kier molecular flexibility index (Phi) is 6.91. The van der Waals surface area contributed by atoms with Gasteiger partial charge in [-0.3, -0.25) is 0 Å². The summed E-state index contributed by atoms with van der Waals surface area (Å²) in [4.78, 5) is 11.7. The highest BCUT2D eigenvalue weighted by Gasteiger charge is 2.46. The normalized spacial score (nSPS) is 24.8. The molecule has 4 rings (SSSR count). The molecular formula is C21H18F3N3O6S. The number of thioether (sulfide) groups is 1. The zero-order valence-corrected chi connectivity index (χ0v) is 17.9. The number of aromatic carboxylic acids is 1. The van der Waals surface area contributed by atoms with Crippen LogP contribution in [-0.4, -0.2) is 71.7 Å². The molecule has 1 saturated heterocycles. The topological polar surface area (TPSA) is 138 Å². The Bertz CT molecular complexity index is 1190. The Labute approximate surface area is 194 Å². The van der Waals surface area contributed by atoms with Crippen LogP contribution in [0.15, 0.2) is 47.5 Å². The molecule has 1 aliphatic heterocycles.